The molecule has 1 aromatic heterocycles. The summed E-state index contributed by atoms with van der Waals surface area (Å²) in [6, 6.07) is 14.3. The molecule has 0 saturated carbocycles. The fourth-order valence-electron chi connectivity index (χ4n) is 2.78. The molecule has 3 unspecified atom stereocenters. The van der Waals surface area contributed by atoms with Gasteiger partial charge in [0.15, 0.2) is 5.91 Å². The van der Waals surface area contributed by atoms with Gasteiger partial charge in [0.25, 0.3) is 0 Å². The summed E-state index contributed by atoms with van der Waals surface area (Å²) in [5.74, 6) is -2.70. The summed E-state index contributed by atoms with van der Waals surface area (Å²) in [4.78, 5) is 23.7. The van der Waals surface area contributed by atoms with E-state index in [0.29, 0.717) is 16.7 Å². The van der Waals surface area contributed by atoms with Crippen molar-refractivity contribution >= 4 is 41.7 Å². The van der Waals surface area contributed by atoms with E-state index >= 15 is 4.39 Å². The topological polar surface area (TPSA) is 94.1 Å². The first-order valence-corrected chi connectivity index (χ1v) is 11.9. The lowest BCUT2D eigenvalue weighted by Crippen LogP contribution is -2.34. The molecule has 0 fully saturated rings. The predicted octanol–water partition coefficient (Wildman–Crippen LogP) is 5.13. The number of rotatable bonds is 11. The van der Waals surface area contributed by atoms with Gasteiger partial charge >= 0.3 is 11.9 Å². The molecule has 3 aromatic rings. The summed E-state index contributed by atoms with van der Waals surface area (Å²) in [6.45, 7) is 1.93. The van der Waals surface area contributed by atoms with Crippen LogP contribution in [-0.4, -0.2) is 43.4 Å². The molecule has 2 aromatic carbocycles. The number of aromatic carboxylic acids is 1. The first kappa shape index (κ1) is 24.1. The second-order valence-corrected chi connectivity index (χ2v) is 9.42. The molecule has 2 N–H and O–H groups in total. The van der Waals surface area contributed by atoms with Crippen LogP contribution in [0.1, 0.15) is 28.1 Å². The zero-order valence-corrected chi connectivity index (χ0v) is 19.2. The zero-order chi connectivity index (χ0) is 23.1. The number of carboxylic acid groups (broad SMARTS) is 1. The Kier molecular flexibility index (Phi) is 8.53. The summed E-state index contributed by atoms with van der Waals surface area (Å²) in [5.41, 5.74) is 0.321. The van der Waals surface area contributed by atoms with Crippen molar-refractivity contribution in [1.29, 1.82) is 0 Å². The Labute approximate surface area is 190 Å². The van der Waals surface area contributed by atoms with Crippen LogP contribution in [0.5, 0.6) is 5.75 Å². The number of hydrogen-bond donors (Lipinski definition) is 2. The molecule has 0 saturated heterocycles. The van der Waals surface area contributed by atoms with Gasteiger partial charge in [0, 0.05) is 11.8 Å². The van der Waals surface area contributed by atoms with Crippen molar-refractivity contribution in [2.75, 3.05) is 20.3 Å². The highest BCUT2D eigenvalue weighted by Crippen LogP contribution is 2.51. The quantitative estimate of drug-likeness (QED) is 0.224. The Morgan fingerprint density at radius 1 is 1.16 bits per heavy atom. The van der Waals surface area contributed by atoms with E-state index in [9.17, 15) is 14.7 Å². The molecule has 7 nitrogen and oxygen atoms in total. The van der Waals surface area contributed by atoms with Crippen molar-refractivity contribution in [2.24, 2.45) is 0 Å². The third-order valence-corrected chi connectivity index (χ3v) is 7.25. The second-order valence-electron chi connectivity index (χ2n) is 6.79. The van der Waals surface area contributed by atoms with Gasteiger partial charge in [-0.05, 0) is 48.2 Å². The molecule has 0 amide bonds. The standard InChI is InChI=1S/C22H23FNO6PS/c1-14(22(27)29-11-10-28-2)24-31(30-17-6-4-3-5-7-17)20(23)15-8-9-18-16(12-15)13-19(32-18)21(25)26/h3-9,12-14,20,24H,10-11H2,1-2H3,(H,25,26). The summed E-state index contributed by atoms with van der Waals surface area (Å²) >= 11 is 1.13. The van der Waals surface area contributed by atoms with Gasteiger partial charge in [-0.15, -0.1) is 11.3 Å². The summed E-state index contributed by atoms with van der Waals surface area (Å²) in [6.07, 6.45) is 0. The highest BCUT2D eigenvalue weighted by Gasteiger charge is 2.30. The van der Waals surface area contributed by atoms with E-state index in [2.05, 4.69) is 5.09 Å². The van der Waals surface area contributed by atoms with Crippen LogP contribution in [0.15, 0.2) is 54.6 Å². The lowest BCUT2D eigenvalue weighted by Gasteiger charge is -2.25. The molecule has 3 rings (SSSR count). The number of carbonyl (C=O) groups excluding carboxylic acids is 1. The Hall–Kier alpha value is -2.58. The highest BCUT2D eigenvalue weighted by molar-refractivity contribution is 7.51. The molecule has 0 aliphatic carbocycles. The molecular weight excluding hydrogens is 456 g/mol. The first-order valence-electron chi connectivity index (χ1n) is 9.74. The van der Waals surface area contributed by atoms with E-state index in [4.69, 9.17) is 14.0 Å². The van der Waals surface area contributed by atoms with Gasteiger partial charge < -0.3 is 19.1 Å². The second kappa shape index (κ2) is 11.3. The zero-order valence-electron chi connectivity index (χ0n) is 17.5. The van der Waals surface area contributed by atoms with Crippen molar-refractivity contribution in [3.8, 4) is 5.75 Å². The van der Waals surface area contributed by atoms with Gasteiger partial charge in [-0.25, -0.2) is 14.3 Å². The molecule has 0 bridgehead atoms. The number of carboxylic acids is 1. The number of methoxy groups -OCH3 is 1. The van der Waals surface area contributed by atoms with Crippen LogP contribution >= 0.6 is 19.6 Å². The number of nitrogens with one attached hydrogen (secondary N) is 1. The maximum Gasteiger partial charge on any atom is 0.345 e. The summed E-state index contributed by atoms with van der Waals surface area (Å²) in [5, 5.41) is 12.8. The maximum absolute atomic E-state index is 15.7. The van der Waals surface area contributed by atoms with Crippen molar-refractivity contribution in [2.45, 2.75) is 18.9 Å². The van der Waals surface area contributed by atoms with Crippen molar-refractivity contribution in [1.82, 2.24) is 5.09 Å². The minimum atomic E-state index is -1.99. The average molecular weight is 479 g/mol. The molecule has 0 aliphatic heterocycles. The van der Waals surface area contributed by atoms with E-state index in [0.717, 1.165) is 16.0 Å². The maximum atomic E-state index is 15.7. The van der Waals surface area contributed by atoms with Crippen LogP contribution in [0.4, 0.5) is 4.39 Å². The van der Waals surface area contributed by atoms with Crippen LogP contribution in [-0.2, 0) is 14.3 Å². The number of benzene rings is 2. The number of esters is 1. The van der Waals surface area contributed by atoms with Gasteiger partial charge in [-0.3, -0.25) is 4.79 Å². The lowest BCUT2D eigenvalue weighted by atomic mass is 10.2. The van der Waals surface area contributed by atoms with E-state index < -0.39 is 32.2 Å². The Morgan fingerprint density at radius 2 is 1.91 bits per heavy atom. The fraction of sp³-hybridized carbons (Fsp3) is 0.273. The van der Waals surface area contributed by atoms with E-state index in [1.165, 1.54) is 13.2 Å². The molecule has 0 aliphatic rings. The molecule has 32 heavy (non-hydrogen) atoms. The lowest BCUT2D eigenvalue weighted by molar-refractivity contribution is -0.146. The first-order chi connectivity index (χ1) is 15.4. The number of para-hydroxylation sites is 1. The van der Waals surface area contributed by atoms with Gasteiger partial charge in [0.2, 0.25) is 8.30 Å². The number of fused-ring (bicyclic) bond motifs is 1. The number of alkyl halides is 1. The number of hydrogen-bond acceptors (Lipinski definition) is 7. The van der Waals surface area contributed by atoms with Crippen LogP contribution in [0.3, 0.4) is 0 Å². The van der Waals surface area contributed by atoms with Gasteiger partial charge in [0.1, 0.15) is 23.3 Å². The summed E-state index contributed by atoms with van der Waals surface area (Å²) < 4.78 is 32.3. The number of halogens is 1. The Morgan fingerprint density at radius 3 is 2.59 bits per heavy atom. The van der Waals surface area contributed by atoms with Crippen molar-refractivity contribution in [3.63, 3.8) is 0 Å². The average Bonchev–Trinajstić information content (AvgIpc) is 3.22. The van der Waals surface area contributed by atoms with E-state index in [-0.39, 0.29) is 18.1 Å². The summed E-state index contributed by atoms with van der Waals surface area (Å²) in [7, 11) is -0.488. The van der Waals surface area contributed by atoms with Crippen LogP contribution in [0.25, 0.3) is 10.1 Å². The Balaban J connectivity index is 1.82. The van der Waals surface area contributed by atoms with Gasteiger partial charge in [-0.2, -0.15) is 0 Å². The predicted molar refractivity (Wildman–Crippen MR) is 122 cm³/mol. The smallest absolute Gasteiger partial charge is 0.345 e. The molecule has 170 valence electrons. The highest BCUT2D eigenvalue weighted by atomic mass is 32.1. The molecule has 0 radical (unpaired) electrons. The largest absolute Gasteiger partial charge is 0.477 e. The van der Waals surface area contributed by atoms with Crippen LogP contribution in [0.2, 0.25) is 0 Å². The SMILES string of the molecule is COCCOC(=O)C(C)NP(Oc1ccccc1)C(F)c1ccc2sc(C(=O)O)cc2c1. The van der Waals surface area contributed by atoms with E-state index in [1.54, 1.807) is 49.4 Å². The van der Waals surface area contributed by atoms with Crippen molar-refractivity contribution in [3.05, 3.63) is 65.0 Å². The van der Waals surface area contributed by atoms with E-state index in [1.807, 2.05) is 6.07 Å². The fourth-order valence-corrected chi connectivity index (χ4v) is 5.20. The number of thiophene rings is 1. The van der Waals surface area contributed by atoms with Crippen molar-refractivity contribution < 1.29 is 33.1 Å². The third kappa shape index (κ3) is 6.23. The molecular formula is C22H23FNO6PS. The monoisotopic (exact) mass is 479 g/mol. The third-order valence-electron chi connectivity index (χ3n) is 4.39. The van der Waals surface area contributed by atoms with Crippen LogP contribution < -0.4 is 9.61 Å². The minimum absolute atomic E-state index is 0.0958. The number of carbonyl (C=O) groups is 2. The van der Waals surface area contributed by atoms with Crippen LogP contribution in [0, 0.1) is 0 Å². The number of ether oxygens (including phenoxy) is 2. The molecule has 1 heterocycles. The van der Waals surface area contributed by atoms with Gasteiger partial charge in [0.05, 0.1) is 6.61 Å². The Bertz CT molecular complexity index is 1060. The molecule has 0 spiro atoms. The normalized spacial score (nSPS) is 14.0. The minimum Gasteiger partial charge on any atom is -0.477 e. The molecule has 3 atom stereocenters. The molecule has 10 heteroatoms. The van der Waals surface area contributed by atoms with Gasteiger partial charge in [-0.1, -0.05) is 24.3 Å².